The van der Waals surface area contributed by atoms with Gasteiger partial charge in [-0.3, -0.25) is 4.72 Å². The van der Waals surface area contributed by atoms with E-state index >= 15 is 0 Å². The molecular formula is C13H12FN5O3S. The van der Waals surface area contributed by atoms with Crippen LogP contribution in [0.2, 0.25) is 0 Å². The molecule has 0 atom stereocenters. The van der Waals surface area contributed by atoms with E-state index in [1.807, 2.05) is 0 Å². The summed E-state index contributed by atoms with van der Waals surface area (Å²) in [6, 6.07) is 5.76. The Kier molecular flexibility index (Phi) is 3.92. The summed E-state index contributed by atoms with van der Waals surface area (Å²) in [5, 5.41) is 3.33. The van der Waals surface area contributed by atoms with Crippen molar-refractivity contribution in [3.63, 3.8) is 0 Å². The van der Waals surface area contributed by atoms with Gasteiger partial charge in [0.05, 0.1) is 12.3 Å². The molecule has 0 unspecified atom stereocenters. The van der Waals surface area contributed by atoms with E-state index in [9.17, 15) is 12.8 Å². The molecule has 0 spiro atoms. The standard InChI is InChI=1S/C13H12FN5O3S/c1-22-8-9-4-2-5-10(14)11(9)18-23(20,21)13-16-12-15-6-3-7-19(12)17-13/h2-7,18H,8H2,1H3. The quantitative estimate of drug-likeness (QED) is 0.751. The molecule has 0 aliphatic carbocycles. The van der Waals surface area contributed by atoms with Crippen LogP contribution in [0.4, 0.5) is 10.1 Å². The van der Waals surface area contributed by atoms with Gasteiger partial charge >= 0.3 is 0 Å². The van der Waals surface area contributed by atoms with Gasteiger partial charge in [-0.1, -0.05) is 12.1 Å². The van der Waals surface area contributed by atoms with Gasteiger partial charge in [-0.2, -0.15) is 13.4 Å². The molecule has 1 aromatic carbocycles. The highest BCUT2D eigenvalue weighted by Gasteiger charge is 2.23. The van der Waals surface area contributed by atoms with Gasteiger partial charge in [0.2, 0.25) is 0 Å². The minimum atomic E-state index is -4.17. The molecule has 2 heterocycles. The zero-order valence-corrected chi connectivity index (χ0v) is 12.8. The molecule has 3 rings (SSSR count). The minimum Gasteiger partial charge on any atom is -0.380 e. The van der Waals surface area contributed by atoms with E-state index in [0.29, 0.717) is 5.56 Å². The summed E-state index contributed by atoms with van der Waals surface area (Å²) >= 11 is 0. The number of sulfonamides is 1. The first kappa shape index (κ1) is 15.3. The molecule has 10 heteroatoms. The lowest BCUT2D eigenvalue weighted by molar-refractivity contribution is 0.185. The third-order valence-electron chi connectivity index (χ3n) is 2.97. The lowest BCUT2D eigenvalue weighted by Crippen LogP contribution is -2.17. The summed E-state index contributed by atoms with van der Waals surface area (Å²) in [6.07, 6.45) is 2.97. The number of benzene rings is 1. The predicted molar refractivity (Wildman–Crippen MR) is 78.7 cm³/mol. The van der Waals surface area contributed by atoms with Crippen molar-refractivity contribution in [2.45, 2.75) is 11.8 Å². The summed E-state index contributed by atoms with van der Waals surface area (Å²) in [7, 11) is -2.74. The number of aromatic nitrogens is 4. The molecule has 8 nitrogen and oxygen atoms in total. The van der Waals surface area contributed by atoms with Crippen molar-refractivity contribution >= 4 is 21.5 Å². The number of nitrogens with one attached hydrogen (secondary N) is 1. The molecule has 0 amide bonds. The lowest BCUT2D eigenvalue weighted by Gasteiger charge is -2.11. The van der Waals surface area contributed by atoms with Crippen LogP contribution in [0, 0.1) is 5.82 Å². The van der Waals surface area contributed by atoms with Crippen molar-refractivity contribution in [1.29, 1.82) is 0 Å². The molecule has 0 saturated heterocycles. The van der Waals surface area contributed by atoms with Crippen LogP contribution in [0.1, 0.15) is 5.56 Å². The number of rotatable bonds is 5. The average Bonchev–Trinajstić information content (AvgIpc) is 2.96. The molecule has 2 aromatic heterocycles. The maximum atomic E-state index is 14.0. The second kappa shape index (κ2) is 5.89. The fourth-order valence-corrected chi connectivity index (χ4v) is 2.95. The first-order valence-electron chi connectivity index (χ1n) is 6.48. The number of hydrogen-bond donors (Lipinski definition) is 1. The lowest BCUT2D eigenvalue weighted by atomic mass is 10.2. The van der Waals surface area contributed by atoms with Crippen LogP contribution in [0.25, 0.3) is 5.78 Å². The molecule has 0 aliphatic rings. The van der Waals surface area contributed by atoms with Crippen molar-refractivity contribution in [1.82, 2.24) is 19.6 Å². The van der Waals surface area contributed by atoms with Crippen molar-refractivity contribution in [2.75, 3.05) is 11.8 Å². The normalized spacial score (nSPS) is 11.7. The van der Waals surface area contributed by atoms with E-state index in [1.165, 1.54) is 30.1 Å². The summed E-state index contributed by atoms with van der Waals surface area (Å²) in [6.45, 7) is 0.0514. The van der Waals surface area contributed by atoms with Crippen molar-refractivity contribution < 1.29 is 17.5 Å². The zero-order chi connectivity index (χ0) is 16.4. The summed E-state index contributed by atoms with van der Waals surface area (Å²) in [4.78, 5) is 7.71. The van der Waals surface area contributed by atoms with Crippen LogP contribution < -0.4 is 4.72 Å². The van der Waals surface area contributed by atoms with Crippen LogP contribution in [-0.4, -0.2) is 35.1 Å². The number of para-hydroxylation sites is 1. The summed E-state index contributed by atoms with van der Waals surface area (Å²) in [5.41, 5.74) is 0.166. The van der Waals surface area contributed by atoms with Crippen LogP contribution in [0.5, 0.6) is 0 Å². The Bertz CT molecular complexity index is 924. The molecule has 3 aromatic rings. The number of ether oxygens (including phenoxy) is 1. The van der Waals surface area contributed by atoms with E-state index in [4.69, 9.17) is 4.74 Å². The van der Waals surface area contributed by atoms with E-state index in [0.717, 1.165) is 6.07 Å². The number of methoxy groups -OCH3 is 1. The molecule has 1 N–H and O–H groups in total. The number of hydrogen-bond acceptors (Lipinski definition) is 6. The fraction of sp³-hybridized carbons (Fsp3) is 0.154. The molecule has 0 saturated carbocycles. The van der Waals surface area contributed by atoms with Gasteiger partial charge in [-0.15, -0.1) is 5.10 Å². The van der Waals surface area contributed by atoms with Crippen LogP contribution in [-0.2, 0) is 21.4 Å². The topological polar surface area (TPSA) is 98.5 Å². The van der Waals surface area contributed by atoms with E-state index < -0.39 is 21.0 Å². The fourth-order valence-electron chi connectivity index (χ4n) is 1.97. The van der Waals surface area contributed by atoms with Gasteiger partial charge in [-0.05, 0) is 12.1 Å². The van der Waals surface area contributed by atoms with Gasteiger partial charge in [0.1, 0.15) is 5.82 Å². The minimum absolute atomic E-state index is 0.0514. The Morgan fingerprint density at radius 1 is 1.35 bits per heavy atom. The average molecular weight is 337 g/mol. The van der Waals surface area contributed by atoms with E-state index in [2.05, 4.69) is 19.8 Å². The number of nitrogens with zero attached hydrogens (tertiary/aromatic N) is 4. The third kappa shape index (κ3) is 2.98. The Labute approximate surface area is 131 Å². The van der Waals surface area contributed by atoms with Crippen molar-refractivity contribution in [2.24, 2.45) is 0 Å². The first-order valence-corrected chi connectivity index (χ1v) is 7.96. The smallest absolute Gasteiger partial charge is 0.299 e. The molecular weight excluding hydrogens is 325 g/mol. The number of halogens is 1. The maximum absolute atomic E-state index is 14.0. The molecule has 23 heavy (non-hydrogen) atoms. The Hall–Kier alpha value is -2.59. The Balaban J connectivity index is 2.01. The first-order chi connectivity index (χ1) is 11.0. The third-order valence-corrected chi connectivity index (χ3v) is 4.10. The summed E-state index contributed by atoms with van der Waals surface area (Å²) < 4.78 is 47.1. The van der Waals surface area contributed by atoms with Crippen molar-refractivity contribution in [3.05, 3.63) is 48.0 Å². The predicted octanol–water partition coefficient (Wildman–Crippen LogP) is 1.21. The monoisotopic (exact) mass is 337 g/mol. The highest BCUT2D eigenvalue weighted by molar-refractivity contribution is 7.92. The van der Waals surface area contributed by atoms with Gasteiger partial charge in [0.25, 0.3) is 21.0 Å². The van der Waals surface area contributed by atoms with E-state index in [1.54, 1.807) is 12.1 Å². The highest BCUT2D eigenvalue weighted by Crippen LogP contribution is 2.23. The van der Waals surface area contributed by atoms with Crippen molar-refractivity contribution in [3.8, 4) is 0 Å². The highest BCUT2D eigenvalue weighted by atomic mass is 32.2. The van der Waals surface area contributed by atoms with Crippen LogP contribution in [0.15, 0.2) is 41.8 Å². The van der Waals surface area contributed by atoms with Gasteiger partial charge < -0.3 is 4.74 Å². The van der Waals surface area contributed by atoms with E-state index in [-0.39, 0.29) is 18.1 Å². The summed E-state index contributed by atoms with van der Waals surface area (Å²) in [5.74, 6) is -0.594. The molecule has 0 fully saturated rings. The molecule has 0 radical (unpaired) electrons. The SMILES string of the molecule is COCc1cccc(F)c1NS(=O)(=O)c1nc2ncccn2n1. The van der Waals surface area contributed by atoms with Crippen LogP contribution in [0.3, 0.4) is 0 Å². The second-order valence-electron chi connectivity index (χ2n) is 4.57. The Morgan fingerprint density at radius 2 is 2.17 bits per heavy atom. The largest absolute Gasteiger partial charge is 0.380 e. The van der Waals surface area contributed by atoms with Gasteiger partial charge in [0.15, 0.2) is 0 Å². The Morgan fingerprint density at radius 3 is 2.91 bits per heavy atom. The zero-order valence-electron chi connectivity index (χ0n) is 12.0. The maximum Gasteiger partial charge on any atom is 0.299 e. The molecule has 0 bridgehead atoms. The second-order valence-corrected chi connectivity index (χ2v) is 6.15. The van der Waals surface area contributed by atoms with Gasteiger partial charge in [-0.25, -0.2) is 13.9 Å². The van der Waals surface area contributed by atoms with Crippen LogP contribution >= 0.6 is 0 Å². The number of fused-ring (bicyclic) bond motifs is 1. The molecule has 120 valence electrons. The molecule has 0 aliphatic heterocycles. The van der Waals surface area contributed by atoms with Gasteiger partial charge in [0, 0.05) is 25.1 Å². The number of anilines is 1.